The van der Waals surface area contributed by atoms with Crippen LogP contribution in [0.15, 0.2) is 53.8 Å². The molecule has 0 aliphatic carbocycles. The second-order valence-corrected chi connectivity index (χ2v) is 3.90. The number of pyridine rings is 2. The van der Waals surface area contributed by atoms with Gasteiger partial charge in [0.2, 0.25) is 0 Å². The van der Waals surface area contributed by atoms with E-state index in [-0.39, 0.29) is 0 Å². The van der Waals surface area contributed by atoms with E-state index < -0.39 is 0 Å². The van der Waals surface area contributed by atoms with Crippen LogP contribution in [0.1, 0.15) is 18.3 Å². The van der Waals surface area contributed by atoms with Crippen LogP contribution >= 0.6 is 0 Å². The average Bonchev–Trinajstić information content (AvgIpc) is 2.45. The zero-order valence-corrected chi connectivity index (χ0v) is 10.4. The summed E-state index contributed by atoms with van der Waals surface area (Å²) in [5, 5.41) is 3.23. The monoisotopic (exact) mass is 240 g/mol. The van der Waals surface area contributed by atoms with E-state index in [1.54, 1.807) is 12.4 Å². The molecule has 2 aromatic heterocycles. The van der Waals surface area contributed by atoms with Gasteiger partial charge in [0.15, 0.2) is 0 Å². The molecular formula is C14H16N4. The molecule has 0 radical (unpaired) electrons. The Hall–Kier alpha value is -2.23. The van der Waals surface area contributed by atoms with Crippen molar-refractivity contribution in [1.29, 1.82) is 0 Å². The van der Waals surface area contributed by atoms with Gasteiger partial charge in [0, 0.05) is 12.4 Å². The molecule has 0 aliphatic heterocycles. The third-order valence-corrected chi connectivity index (χ3v) is 2.46. The molecule has 92 valence electrons. The normalized spacial score (nSPS) is 11.3. The molecule has 0 saturated heterocycles. The van der Waals surface area contributed by atoms with Crippen LogP contribution in [0.5, 0.6) is 0 Å². The van der Waals surface area contributed by atoms with Crippen LogP contribution in [0.2, 0.25) is 0 Å². The molecule has 0 atom stereocenters. The third kappa shape index (κ3) is 3.97. The van der Waals surface area contributed by atoms with Crippen molar-refractivity contribution in [3.63, 3.8) is 0 Å². The highest BCUT2D eigenvalue weighted by atomic mass is 15.0. The van der Waals surface area contributed by atoms with Gasteiger partial charge in [0.1, 0.15) is 0 Å². The Morgan fingerprint density at radius 3 is 2.33 bits per heavy atom. The average molecular weight is 240 g/mol. The Morgan fingerprint density at radius 1 is 1.06 bits per heavy atom. The smallest absolute Gasteiger partial charge is 0.0939 e. The molecule has 0 unspecified atom stereocenters. The van der Waals surface area contributed by atoms with Gasteiger partial charge in [-0.05, 0) is 31.2 Å². The highest BCUT2D eigenvalue weighted by molar-refractivity contribution is 5.79. The summed E-state index contributed by atoms with van der Waals surface area (Å²) in [6.07, 6.45) is 3.57. The van der Waals surface area contributed by atoms with Crippen LogP contribution in [0.4, 0.5) is 0 Å². The summed E-state index contributed by atoms with van der Waals surface area (Å²) in [4.78, 5) is 12.9. The Labute approximate surface area is 107 Å². The summed E-state index contributed by atoms with van der Waals surface area (Å²) < 4.78 is 0. The third-order valence-electron chi connectivity index (χ3n) is 2.46. The van der Waals surface area contributed by atoms with Crippen molar-refractivity contribution in [2.45, 2.75) is 20.0 Å². The van der Waals surface area contributed by atoms with Crippen molar-refractivity contribution >= 4 is 5.84 Å². The number of amidine groups is 1. The molecule has 0 aromatic carbocycles. The maximum atomic E-state index is 4.42. The predicted molar refractivity (Wildman–Crippen MR) is 72.1 cm³/mol. The molecule has 0 spiro atoms. The quantitative estimate of drug-likeness (QED) is 0.658. The molecular weight excluding hydrogens is 224 g/mol. The van der Waals surface area contributed by atoms with Crippen molar-refractivity contribution in [1.82, 2.24) is 15.3 Å². The van der Waals surface area contributed by atoms with Crippen LogP contribution < -0.4 is 5.32 Å². The van der Waals surface area contributed by atoms with Crippen molar-refractivity contribution in [2.75, 3.05) is 0 Å². The van der Waals surface area contributed by atoms with Crippen LogP contribution in [0, 0.1) is 0 Å². The topological polar surface area (TPSA) is 50.2 Å². The fraction of sp³-hybridized carbons (Fsp3) is 0.214. The van der Waals surface area contributed by atoms with E-state index in [0.29, 0.717) is 13.1 Å². The molecule has 2 rings (SSSR count). The van der Waals surface area contributed by atoms with Crippen LogP contribution in [0.3, 0.4) is 0 Å². The number of hydrogen-bond donors (Lipinski definition) is 1. The molecule has 0 bridgehead atoms. The van der Waals surface area contributed by atoms with E-state index in [1.165, 1.54) is 0 Å². The van der Waals surface area contributed by atoms with E-state index >= 15 is 0 Å². The number of rotatable bonds is 4. The molecule has 0 amide bonds. The second kappa shape index (κ2) is 6.49. The van der Waals surface area contributed by atoms with E-state index in [0.717, 1.165) is 17.2 Å². The van der Waals surface area contributed by atoms with Crippen LogP contribution in [-0.4, -0.2) is 15.8 Å². The summed E-state index contributed by atoms with van der Waals surface area (Å²) >= 11 is 0. The van der Waals surface area contributed by atoms with Gasteiger partial charge in [-0.2, -0.15) is 0 Å². The Balaban J connectivity index is 1.83. The summed E-state index contributed by atoms with van der Waals surface area (Å²) in [6.45, 7) is 3.24. The fourth-order valence-electron chi connectivity index (χ4n) is 1.47. The van der Waals surface area contributed by atoms with E-state index in [9.17, 15) is 0 Å². The zero-order chi connectivity index (χ0) is 12.6. The lowest BCUT2D eigenvalue weighted by Gasteiger charge is -2.05. The molecule has 2 aromatic rings. The lowest BCUT2D eigenvalue weighted by molar-refractivity contribution is 0.853. The number of nitrogens with zero attached hydrogens (tertiary/aromatic N) is 3. The van der Waals surface area contributed by atoms with E-state index in [4.69, 9.17) is 0 Å². The number of nitrogens with one attached hydrogen (secondary N) is 1. The first-order chi connectivity index (χ1) is 8.84. The highest BCUT2D eigenvalue weighted by Gasteiger charge is 1.95. The first-order valence-electron chi connectivity index (χ1n) is 5.89. The number of hydrogen-bond acceptors (Lipinski definition) is 3. The summed E-state index contributed by atoms with van der Waals surface area (Å²) in [5.74, 6) is 0.895. The Kier molecular flexibility index (Phi) is 4.41. The molecule has 0 saturated carbocycles. The lowest BCUT2D eigenvalue weighted by atomic mass is 10.3. The van der Waals surface area contributed by atoms with Gasteiger partial charge in [-0.25, -0.2) is 0 Å². The predicted octanol–water partition coefficient (Wildman–Crippen LogP) is 2.18. The first kappa shape index (κ1) is 12.2. The molecule has 4 heteroatoms. The molecule has 2 heterocycles. The van der Waals surface area contributed by atoms with E-state index in [2.05, 4.69) is 20.3 Å². The maximum Gasteiger partial charge on any atom is 0.0939 e. The van der Waals surface area contributed by atoms with Gasteiger partial charge in [-0.3, -0.25) is 15.0 Å². The van der Waals surface area contributed by atoms with Crippen LogP contribution in [0.25, 0.3) is 0 Å². The van der Waals surface area contributed by atoms with Crippen molar-refractivity contribution in [3.8, 4) is 0 Å². The van der Waals surface area contributed by atoms with Crippen molar-refractivity contribution < 1.29 is 0 Å². The van der Waals surface area contributed by atoms with Gasteiger partial charge < -0.3 is 5.32 Å². The van der Waals surface area contributed by atoms with Crippen LogP contribution in [-0.2, 0) is 13.1 Å². The molecule has 18 heavy (non-hydrogen) atoms. The van der Waals surface area contributed by atoms with Gasteiger partial charge in [0.05, 0.1) is 30.3 Å². The van der Waals surface area contributed by atoms with Gasteiger partial charge in [-0.1, -0.05) is 12.1 Å². The summed E-state index contributed by atoms with van der Waals surface area (Å²) in [5.41, 5.74) is 1.97. The zero-order valence-electron chi connectivity index (χ0n) is 10.4. The number of aliphatic imine (C=N–C) groups is 1. The van der Waals surface area contributed by atoms with E-state index in [1.807, 2.05) is 43.3 Å². The van der Waals surface area contributed by atoms with Crippen molar-refractivity contribution in [3.05, 3.63) is 60.2 Å². The first-order valence-corrected chi connectivity index (χ1v) is 5.89. The minimum Gasteiger partial charge on any atom is -0.368 e. The Bertz CT molecular complexity index is 494. The van der Waals surface area contributed by atoms with Crippen molar-refractivity contribution in [2.24, 2.45) is 4.99 Å². The second-order valence-electron chi connectivity index (χ2n) is 3.90. The molecule has 4 nitrogen and oxygen atoms in total. The summed E-state index contributed by atoms with van der Waals surface area (Å²) in [7, 11) is 0. The molecule has 0 fully saturated rings. The summed E-state index contributed by atoms with van der Waals surface area (Å²) in [6, 6.07) is 11.7. The standard InChI is InChI=1S/C14H16N4/c1-12(17-10-13-6-2-4-8-15-13)18-11-14-7-3-5-9-16-14/h2-9H,10-11H2,1H3,(H,17,18). The molecule has 0 aliphatic rings. The van der Waals surface area contributed by atoms with Gasteiger partial charge in [-0.15, -0.1) is 0 Å². The minimum atomic E-state index is 0.599. The van der Waals surface area contributed by atoms with Gasteiger partial charge in [0.25, 0.3) is 0 Å². The minimum absolute atomic E-state index is 0.599. The fourth-order valence-corrected chi connectivity index (χ4v) is 1.47. The molecule has 1 N–H and O–H groups in total. The highest BCUT2D eigenvalue weighted by Crippen LogP contribution is 1.96. The SMILES string of the molecule is CC(=NCc1ccccn1)NCc1ccccn1. The lowest BCUT2D eigenvalue weighted by Crippen LogP contribution is -2.20. The largest absolute Gasteiger partial charge is 0.368 e. The maximum absolute atomic E-state index is 4.42. The Morgan fingerprint density at radius 2 is 1.72 bits per heavy atom. The number of aromatic nitrogens is 2. The van der Waals surface area contributed by atoms with Gasteiger partial charge >= 0.3 is 0 Å².